The van der Waals surface area contributed by atoms with Crippen LogP contribution >= 0.6 is 0 Å². The summed E-state index contributed by atoms with van der Waals surface area (Å²) in [5, 5.41) is 14.1. The van der Waals surface area contributed by atoms with Gasteiger partial charge in [-0.05, 0) is 25.1 Å². The van der Waals surface area contributed by atoms with Gasteiger partial charge in [0.1, 0.15) is 0 Å². The molecule has 0 aromatic heterocycles. The van der Waals surface area contributed by atoms with E-state index >= 15 is 0 Å². The molecule has 5 heteroatoms. The first-order valence-corrected chi connectivity index (χ1v) is 4.78. The normalized spacial score (nSPS) is 15.2. The molecule has 0 saturated carbocycles. The monoisotopic (exact) mass is 218 g/mol. The number of rotatable bonds is 2. The molecular formula is C11H10N2O3. The van der Waals surface area contributed by atoms with Crippen molar-refractivity contribution in [1.29, 1.82) is 0 Å². The fraction of sp³-hybridized carbons (Fsp3) is 0.182. The summed E-state index contributed by atoms with van der Waals surface area (Å²) in [5.74, 6) is -1.16. The van der Waals surface area contributed by atoms with E-state index < -0.39 is 5.97 Å². The van der Waals surface area contributed by atoms with Crippen molar-refractivity contribution in [1.82, 2.24) is 0 Å². The van der Waals surface area contributed by atoms with E-state index in [-0.39, 0.29) is 17.9 Å². The number of carbonyl (C=O) groups is 2. The maximum absolute atomic E-state index is 11.5. The molecule has 0 spiro atoms. The van der Waals surface area contributed by atoms with Crippen molar-refractivity contribution in [2.24, 2.45) is 5.10 Å². The zero-order chi connectivity index (χ0) is 11.7. The molecule has 0 atom stereocenters. The molecule has 5 nitrogen and oxygen atoms in total. The van der Waals surface area contributed by atoms with Gasteiger partial charge in [0.25, 0.3) is 5.91 Å². The summed E-state index contributed by atoms with van der Waals surface area (Å²) in [4.78, 5) is 22.3. The lowest BCUT2D eigenvalue weighted by atomic mass is 10.2. The quantitative estimate of drug-likeness (QED) is 0.817. The topological polar surface area (TPSA) is 70.0 Å². The van der Waals surface area contributed by atoms with Crippen LogP contribution in [0, 0.1) is 0 Å². The van der Waals surface area contributed by atoms with Crippen molar-refractivity contribution in [3.8, 4) is 0 Å². The van der Waals surface area contributed by atoms with Crippen LogP contribution in [-0.2, 0) is 4.79 Å². The van der Waals surface area contributed by atoms with E-state index in [2.05, 4.69) is 5.10 Å². The van der Waals surface area contributed by atoms with Crippen molar-refractivity contribution in [3.63, 3.8) is 0 Å². The first-order chi connectivity index (χ1) is 7.58. The number of benzene rings is 1. The summed E-state index contributed by atoms with van der Waals surface area (Å²) < 4.78 is 0. The Balaban J connectivity index is 2.38. The van der Waals surface area contributed by atoms with Crippen LogP contribution in [0.15, 0.2) is 29.4 Å². The number of nitrogens with zero attached hydrogens (tertiary/aromatic N) is 2. The molecule has 1 aliphatic heterocycles. The van der Waals surface area contributed by atoms with E-state index in [9.17, 15) is 9.59 Å². The lowest BCUT2D eigenvalue weighted by molar-refractivity contribution is -0.116. The van der Waals surface area contributed by atoms with Crippen molar-refractivity contribution < 1.29 is 14.7 Å². The summed E-state index contributed by atoms with van der Waals surface area (Å²) in [6, 6.07) is 6.16. The lowest BCUT2D eigenvalue weighted by Crippen LogP contribution is -2.19. The molecule has 1 N–H and O–H groups in total. The number of hydrazone groups is 1. The second kappa shape index (κ2) is 3.77. The van der Waals surface area contributed by atoms with Crippen LogP contribution in [0.3, 0.4) is 0 Å². The number of carboxylic acids is 1. The smallest absolute Gasteiger partial charge is 0.335 e. The van der Waals surface area contributed by atoms with E-state index in [1.807, 2.05) is 0 Å². The average Bonchev–Trinajstić information content (AvgIpc) is 2.58. The van der Waals surface area contributed by atoms with Crippen LogP contribution in [0.25, 0.3) is 0 Å². The number of carboxylic acid groups (broad SMARTS) is 1. The molecule has 0 radical (unpaired) electrons. The highest BCUT2D eigenvalue weighted by molar-refractivity contribution is 6.12. The minimum atomic E-state index is -1.02. The zero-order valence-electron chi connectivity index (χ0n) is 8.67. The molecule has 1 aromatic carbocycles. The number of aromatic carboxylic acids is 1. The minimum absolute atomic E-state index is 0.139. The zero-order valence-corrected chi connectivity index (χ0v) is 8.67. The maximum atomic E-state index is 11.5. The third-order valence-corrected chi connectivity index (χ3v) is 2.25. The molecule has 0 saturated heterocycles. The molecule has 82 valence electrons. The Bertz CT molecular complexity index is 494. The second-order valence-electron chi connectivity index (χ2n) is 3.57. The Morgan fingerprint density at radius 1 is 1.50 bits per heavy atom. The van der Waals surface area contributed by atoms with Crippen LogP contribution in [0.4, 0.5) is 5.69 Å². The molecular weight excluding hydrogens is 208 g/mol. The van der Waals surface area contributed by atoms with Gasteiger partial charge in [0.05, 0.1) is 17.7 Å². The maximum Gasteiger partial charge on any atom is 0.335 e. The van der Waals surface area contributed by atoms with Crippen LogP contribution in [0.2, 0.25) is 0 Å². The minimum Gasteiger partial charge on any atom is -0.478 e. The van der Waals surface area contributed by atoms with Gasteiger partial charge in [0.2, 0.25) is 0 Å². The SMILES string of the molecule is CC1=NN(c2cccc(C(=O)O)c2)C(=O)C1. The highest BCUT2D eigenvalue weighted by Crippen LogP contribution is 2.21. The number of hydrogen-bond acceptors (Lipinski definition) is 3. The van der Waals surface area contributed by atoms with Gasteiger partial charge in [-0.3, -0.25) is 4.79 Å². The van der Waals surface area contributed by atoms with Gasteiger partial charge in [0, 0.05) is 5.71 Å². The van der Waals surface area contributed by atoms with Crippen LogP contribution in [0.5, 0.6) is 0 Å². The Labute approximate surface area is 92.0 Å². The van der Waals surface area contributed by atoms with Gasteiger partial charge in [-0.2, -0.15) is 5.10 Å². The van der Waals surface area contributed by atoms with Gasteiger partial charge in [-0.25, -0.2) is 9.80 Å². The molecule has 16 heavy (non-hydrogen) atoms. The Hall–Kier alpha value is -2.17. The summed E-state index contributed by atoms with van der Waals surface area (Å²) >= 11 is 0. The summed E-state index contributed by atoms with van der Waals surface area (Å²) in [5.41, 5.74) is 1.36. The lowest BCUT2D eigenvalue weighted by Gasteiger charge is -2.11. The van der Waals surface area contributed by atoms with Gasteiger partial charge in [0.15, 0.2) is 0 Å². The number of amides is 1. The fourth-order valence-corrected chi connectivity index (χ4v) is 1.53. The van der Waals surface area contributed by atoms with Crippen molar-refractivity contribution in [3.05, 3.63) is 29.8 Å². The third-order valence-electron chi connectivity index (χ3n) is 2.25. The van der Waals surface area contributed by atoms with E-state index in [0.717, 1.165) is 5.71 Å². The molecule has 0 unspecified atom stereocenters. The number of hydrogen-bond donors (Lipinski definition) is 1. The van der Waals surface area contributed by atoms with Crippen LogP contribution < -0.4 is 5.01 Å². The van der Waals surface area contributed by atoms with Gasteiger partial charge < -0.3 is 5.11 Å². The third kappa shape index (κ3) is 1.79. The molecule has 1 heterocycles. The largest absolute Gasteiger partial charge is 0.478 e. The standard InChI is InChI=1S/C11H10N2O3/c1-7-5-10(14)13(12-7)9-4-2-3-8(6-9)11(15)16/h2-4,6H,5H2,1H3,(H,15,16). The Morgan fingerprint density at radius 3 is 2.81 bits per heavy atom. The molecule has 0 aliphatic carbocycles. The number of anilines is 1. The van der Waals surface area contributed by atoms with E-state index in [1.165, 1.54) is 17.1 Å². The number of carbonyl (C=O) groups excluding carboxylic acids is 1. The van der Waals surface area contributed by atoms with E-state index in [4.69, 9.17) is 5.11 Å². The van der Waals surface area contributed by atoms with E-state index in [0.29, 0.717) is 5.69 Å². The predicted molar refractivity (Wildman–Crippen MR) is 58.6 cm³/mol. The summed E-state index contributed by atoms with van der Waals surface area (Å²) in [7, 11) is 0. The average molecular weight is 218 g/mol. The molecule has 0 bridgehead atoms. The van der Waals surface area contributed by atoms with Gasteiger partial charge in [-0.1, -0.05) is 6.07 Å². The molecule has 0 fully saturated rings. The van der Waals surface area contributed by atoms with Crippen molar-refractivity contribution in [2.75, 3.05) is 5.01 Å². The van der Waals surface area contributed by atoms with Crippen molar-refractivity contribution in [2.45, 2.75) is 13.3 Å². The van der Waals surface area contributed by atoms with Crippen LogP contribution in [0.1, 0.15) is 23.7 Å². The highest BCUT2D eigenvalue weighted by atomic mass is 16.4. The van der Waals surface area contributed by atoms with E-state index in [1.54, 1.807) is 19.1 Å². The summed E-state index contributed by atoms with van der Waals surface area (Å²) in [6.45, 7) is 1.76. The van der Waals surface area contributed by atoms with Crippen LogP contribution in [-0.4, -0.2) is 22.7 Å². The predicted octanol–water partition coefficient (Wildman–Crippen LogP) is 1.50. The molecule has 1 aliphatic rings. The first kappa shape index (κ1) is 10.4. The second-order valence-corrected chi connectivity index (χ2v) is 3.57. The molecule has 2 rings (SSSR count). The summed E-state index contributed by atoms with van der Waals surface area (Å²) in [6.07, 6.45) is 0.289. The highest BCUT2D eigenvalue weighted by Gasteiger charge is 2.23. The Morgan fingerprint density at radius 2 is 2.25 bits per heavy atom. The Kier molecular flexibility index (Phi) is 2.44. The fourth-order valence-electron chi connectivity index (χ4n) is 1.53. The first-order valence-electron chi connectivity index (χ1n) is 4.78. The van der Waals surface area contributed by atoms with Crippen molar-refractivity contribution >= 4 is 23.3 Å². The molecule has 1 aromatic rings. The van der Waals surface area contributed by atoms with Gasteiger partial charge >= 0.3 is 5.97 Å². The van der Waals surface area contributed by atoms with Gasteiger partial charge in [-0.15, -0.1) is 0 Å². The molecule has 1 amide bonds.